The molecule has 114 valence electrons. The van der Waals surface area contributed by atoms with Gasteiger partial charge in [0.2, 0.25) is 0 Å². The van der Waals surface area contributed by atoms with Crippen LogP contribution in [0.15, 0.2) is 48.5 Å². The van der Waals surface area contributed by atoms with Crippen LogP contribution in [0.5, 0.6) is 0 Å². The third kappa shape index (κ3) is 3.25. The summed E-state index contributed by atoms with van der Waals surface area (Å²) < 4.78 is 0. The molecular formula is C18H19ClN2O. The fraction of sp³-hybridized carbons (Fsp3) is 0.278. The first kappa shape index (κ1) is 14.9. The fourth-order valence-electron chi connectivity index (χ4n) is 3.00. The highest BCUT2D eigenvalue weighted by Gasteiger charge is 2.30. The van der Waals surface area contributed by atoms with Crippen molar-refractivity contribution in [1.82, 2.24) is 4.90 Å². The lowest BCUT2D eigenvalue weighted by Crippen LogP contribution is -2.34. The number of amides is 2. The van der Waals surface area contributed by atoms with Gasteiger partial charge in [-0.1, -0.05) is 47.5 Å². The van der Waals surface area contributed by atoms with Crippen molar-refractivity contribution >= 4 is 23.3 Å². The molecule has 2 aromatic carbocycles. The second-order valence-electron chi connectivity index (χ2n) is 5.71. The Balaban J connectivity index is 1.76. The standard InChI is InChI=1S/C18H19ClN2O/c1-13-5-2-6-14(11-13)17-9-4-10-21(17)18(22)20-16-8-3-7-15(19)12-16/h2-3,5-8,11-12,17H,4,9-10H2,1H3,(H,20,22)/t17-/m1/s1. The SMILES string of the molecule is Cc1cccc([C@H]2CCCN2C(=O)Nc2cccc(Cl)c2)c1. The summed E-state index contributed by atoms with van der Waals surface area (Å²) in [4.78, 5) is 14.5. The topological polar surface area (TPSA) is 32.3 Å². The third-order valence-electron chi connectivity index (χ3n) is 4.02. The molecule has 3 nitrogen and oxygen atoms in total. The molecule has 1 aliphatic rings. The fourth-order valence-corrected chi connectivity index (χ4v) is 3.19. The molecule has 2 amide bonds. The molecular weight excluding hydrogens is 296 g/mol. The van der Waals surface area contributed by atoms with Gasteiger partial charge in [0.15, 0.2) is 0 Å². The molecule has 1 atom stereocenters. The second kappa shape index (κ2) is 6.41. The van der Waals surface area contributed by atoms with Gasteiger partial charge in [0.05, 0.1) is 6.04 Å². The molecule has 4 heteroatoms. The molecule has 1 fully saturated rings. The van der Waals surface area contributed by atoms with Crippen LogP contribution < -0.4 is 5.32 Å². The maximum atomic E-state index is 12.6. The van der Waals surface area contributed by atoms with Crippen molar-refractivity contribution in [2.24, 2.45) is 0 Å². The van der Waals surface area contributed by atoms with Gasteiger partial charge in [0.25, 0.3) is 0 Å². The van der Waals surface area contributed by atoms with Crippen molar-refractivity contribution in [2.45, 2.75) is 25.8 Å². The van der Waals surface area contributed by atoms with Crippen LogP contribution in [-0.2, 0) is 0 Å². The number of hydrogen-bond acceptors (Lipinski definition) is 1. The van der Waals surface area contributed by atoms with Gasteiger partial charge in [0, 0.05) is 17.3 Å². The molecule has 2 aromatic rings. The van der Waals surface area contributed by atoms with Gasteiger partial charge in [-0.3, -0.25) is 0 Å². The summed E-state index contributed by atoms with van der Waals surface area (Å²) >= 11 is 5.97. The molecule has 0 unspecified atom stereocenters. The Labute approximate surface area is 135 Å². The number of anilines is 1. The number of nitrogens with one attached hydrogen (secondary N) is 1. The molecule has 3 rings (SSSR count). The Morgan fingerprint density at radius 2 is 2.05 bits per heavy atom. The molecule has 1 saturated heterocycles. The van der Waals surface area contributed by atoms with E-state index in [0.717, 1.165) is 25.1 Å². The number of aryl methyl sites for hydroxylation is 1. The highest BCUT2D eigenvalue weighted by atomic mass is 35.5. The Morgan fingerprint density at radius 1 is 1.23 bits per heavy atom. The molecule has 0 aromatic heterocycles. The van der Waals surface area contributed by atoms with Crippen LogP contribution in [0.25, 0.3) is 0 Å². The van der Waals surface area contributed by atoms with Crippen molar-refractivity contribution in [1.29, 1.82) is 0 Å². The van der Waals surface area contributed by atoms with E-state index in [4.69, 9.17) is 11.6 Å². The Bertz CT molecular complexity index is 686. The summed E-state index contributed by atoms with van der Waals surface area (Å²) in [5.41, 5.74) is 3.16. The minimum atomic E-state index is -0.0636. The van der Waals surface area contributed by atoms with Gasteiger partial charge in [-0.25, -0.2) is 4.79 Å². The van der Waals surface area contributed by atoms with Gasteiger partial charge in [-0.2, -0.15) is 0 Å². The average molecular weight is 315 g/mol. The van der Waals surface area contributed by atoms with E-state index in [1.54, 1.807) is 12.1 Å². The smallest absolute Gasteiger partial charge is 0.317 e. The largest absolute Gasteiger partial charge is 0.322 e. The number of hydrogen-bond donors (Lipinski definition) is 1. The van der Waals surface area contributed by atoms with Gasteiger partial charge >= 0.3 is 6.03 Å². The maximum Gasteiger partial charge on any atom is 0.322 e. The average Bonchev–Trinajstić information content (AvgIpc) is 2.97. The summed E-state index contributed by atoms with van der Waals surface area (Å²) in [5.74, 6) is 0. The highest BCUT2D eigenvalue weighted by Crippen LogP contribution is 2.32. The Morgan fingerprint density at radius 3 is 2.82 bits per heavy atom. The number of benzene rings is 2. The van der Waals surface area contributed by atoms with E-state index in [1.807, 2.05) is 17.0 Å². The number of nitrogens with zero attached hydrogens (tertiary/aromatic N) is 1. The van der Waals surface area contributed by atoms with Crippen molar-refractivity contribution in [3.8, 4) is 0 Å². The summed E-state index contributed by atoms with van der Waals surface area (Å²) in [6.45, 7) is 2.86. The van der Waals surface area contributed by atoms with Crippen molar-refractivity contribution in [3.05, 3.63) is 64.7 Å². The lowest BCUT2D eigenvalue weighted by atomic mass is 10.0. The van der Waals surface area contributed by atoms with Gasteiger partial charge in [-0.15, -0.1) is 0 Å². The van der Waals surface area contributed by atoms with Crippen LogP contribution in [0.4, 0.5) is 10.5 Å². The first-order valence-corrected chi connectivity index (χ1v) is 7.91. The Kier molecular flexibility index (Phi) is 4.34. The number of carbonyl (C=O) groups excluding carboxylic acids is 1. The van der Waals surface area contributed by atoms with Crippen LogP contribution in [-0.4, -0.2) is 17.5 Å². The van der Waals surface area contributed by atoms with Crippen molar-refractivity contribution in [2.75, 3.05) is 11.9 Å². The number of urea groups is 1. The molecule has 22 heavy (non-hydrogen) atoms. The molecule has 1 N–H and O–H groups in total. The van der Waals surface area contributed by atoms with Gasteiger partial charge in [-0.05, 0) is 43.5 Å². The van der Waals surface area contributed by atoms with Crippen LogP contribution in [0.1, 0.15) is 30.0 Å². The molecule has 0 spiro atoms. The van der Waals surface area contributed by atoms with E-state index in [2.05, 4.69) is 36.5 Å². The number of carbonyl (C=O) groups is 1. The predicted octanol–water partition coefficient (Wildman–Crippen LogP) is 5.02. The molecule has 1 aliphatic heterocycles. The second-order valence-corrected chi connectivity index (χ2v) is 6.14. The van der Waals surface area contributed by atoms with Gasteiger partial charge in [0.1, 0.15) is 0 Å². The van der Waals surface area contributed by atoms with E-state index < -0.39 is 0 Å². The van der Waals surface area contributed by atoms with E-state index in [9.17, 15) is 4.79 Å². The zero-order valence-electron chi connectivity index (χ0n) is 12.6. The van der Waals surface area contributed by atoms with Crippen molar-refractivity contribution in [3.63, 3.8) is 0 Å². The zero-order valence-corrected chi connectivity index (χ0v) is 13.3. The Hall–Kier alpha value is -2.00. The van der Waals surface area contributed by atoms with Crippen LogP contribution in [0.2, 0.25) is 5.02 Å². The predicted molar refractivity (Wildman–Crippen MR) is 90.3 cm³/mol. The zero-order chi connectivity index (χ0) is 15.5. The number of likely N-dealkylation sites (tertiary alicyclic amines) is 1. The molecule has 1 heterocycles. The number of rotatable bonds is 2. The van der Waals surface area contributed by atoms with Crippen LogP contribution >= 0.6 is 11.6 Å². The normalized spacial score (nSPS) is 17.5. The first-order chi connectivity index (χ1) is 10.6. The molecule has 0 radical (unpaired) electrons. The molecule has 0 bridgehead atoms. The van der Waals surface area contributed by atoms with E-state index in [-0.39, 0.29) is 12.1 Å². The highest BCUT2D eigenvalue weighted by molar-refractivity contribution is 6.30. The van der Waals surface area contributed by atoms with Crippen LogP contribution in [0.3, 0.4) is 0 Å². The summed E-state index contributed by atoms with van der Waals surface area (Å²) in [6.07, 6.45) is 2.04. The monoisotopic (exact) mass is 314 g/mol. The molecule has 0 saturated carbocycles. The third-order valence-corrected chi connectivity index (χ3v) is 4.25. The van der Waals surface area contributed by atoms with Crippen LogP contribution in [0, 0.1) is 6.92 Å². The minimum Gasteiger partial charge on any atom is -0.317 e. The first-order valence-electron chi connectivity index (χ1n) is 7.53. The lowest BCUT2D eigenvalue weighted by molar-refractivity contribution is 0.207. The summed E-state index contributed by atoms with van der Waals surface area (Å²) in [7, 11) is 0. The summed E-state index contributed by atoms with van der Waals surface area (Å²) in [5, 5.41) is 3.56. The molecule has 0 aliphatic carbocycles. The van der Waals surface area contributed by atoms with Gasteiger partial charge < -0.3 is 10.2 Å². The minimum absolute atomic E-state index is 0.0636. The van der Waals surface area contributed by atoms with Crippen molar-refractivity contribution < 1.29 is 4.79 Å². The summed E-state index contributed by atoms with van der Waals surface area (Å²) in [6, 6.07) is 15.7. The lowest BCUT2D eigenvalue weighted by Gasteiger charge is -2.25. The van der Waals surface area contributed by atoms with E-state index in [0.29, 0.717) is 5.02 Å². The van der Waals surface area contributed by atoms with E-state index >= 15 is 0 Å². The van der Waals surface area contributed by atoms with E-state index in [1.165, 1.54) is 11.1 Å². The quantitative estimate of drug-likeness (QED) is 0.829. The maximum absolute atomic E-state index is 12.6. The number of halogens is 1.